The first-order chi connectivity index (χ1) is 11.1. The molecule has 0 rings (SSSR count). The van der Waals surface area contributed by atoms with Gasteiger partial charge < -0.3 is 29.2 Å². The number of carbonyl (C=O) groups excluding carboxylic acids is 4. The van der Waals surface area contributed by atoms with Gasteiger partial charge in [-0.05, 0) is 0 Å². The first-order valence-electron chi connectivity index (χ1n) is 7.02. The smallest absolute Gasteiger partial charge is 0.303 e. The fourth-order valence-corrected chi connectivity index (χ4v) is 1.81. The Morgan fingerprint density at radius 2 is 1.25 bits per heavy atom. The molecule has 0 spiro atoms. The first kappa shape index (κ1) is 21.8. The molecule has 0 aromatic heterocycles. The number of carbonyl (C=O) groups is 4. The first-order valence-corrected chi connectivity index (χ1v) is 7.02. The van der Waals surface area contributed by atoms with Gasteiger partial charge in [-0.15, -0.1) is 0 Å². The van der Waals surface area contributed by atoms with E-state index in [9.17, 15) is 24.3 Å². The second-order valence-corrected chi connectivity index (χ2v) is 4.85. The van der Waals surface area contributed by atoms with Crippen molar-refractivity contribution in [3.63, 3.8) is 0 Å². The van der Waals surface area contributed by atoms with Crippen LogP contribution in [0.15, 0.2) is 0 Å². The van der Waals surface area contributed by atoms with Gasteiger partial charge in [0.2, 0.25) is 0 Å². The molecule has 0 bridgehead atoms. The Bertz CT molecular complexity index is 460. The standard InChI is InChI=1S/C14H22O10/c1-7(16)21-6-12(22-8(2)17)14(24-10(4)19)13(11(20)5-15)23-9(3)18/h11-15,20H,5-6H2,1-4H3/t11-,12+,13-,14-/m1/s1. The normalized spacial score (nSPS) is 15.4. The molecule has 0 amide bonds. The molecule has 0 aliphatic heterocycles. The summed E-state index contributed by atoms with van der Waals surface area (Å²) >= 11 is 0. The van der Waals surface area contributed by atoms with E-state index in [0.717, 1.165) is 27.7 Å². The summed E-state index contributed by atoms with van der Waals surface area (Å²) in [7, 11) is 0. The van der Waals surface area contributed by atoms with E-state index in [1.54, 1.807) is 0 Å². The fourth-order valence-electron chi connectivity index (χ4n) is 1.81. The third kappa shape index (κ3) is 8.44. The lowest BCUT2D eigenvalue weighted by molar-refractivity contribution is -0.200. The second-order valence-electron chi connectivity index (χ2n) is 4.85. The Kier molecular flexibility index (Phi) is 9.58. The van der Waals surface area contributed by atoms with E-state index in [1.807, 2.05) is 0 Å². The quantitative estimate of drug-likeness (QED) is 0.380. The molecule has 10 heteroatoms. The van der Waals surface area contributed by atoms with E-state index in [-0.39, 0.29) is 0 Å². The van der Waals surface area contributed by atoms with Crippen molar-refractivity contribution in [3.8, 4) is 0 Å². The molecule has 0 saturated heterocycles. The molecule has 0 fully saturated rings. The molecule has 0 radical (unpaired) electrons. The maximum atomic E-state index is 11.3. The molecular weight excluding hydrogens is 328 g/mol. The van der Waals surface area contributed by atoms with E-state index in [2.05, 4.69) is 0 Å². The summed E-state index contributed by atoms with van der Waals surface area (Å²) < 4.78 is 19.5. The lowest BCUT2D eigenvalue weighted by atomic mass is 10.0. The van der Waals surface area contributed by atoms with Gasteiger partial charge in [-0.2, -0.15) is 0 Å². The van der Waals surface area contributed by atoms with E-state index in [4.69, 9.17) is 24.1 Å². The Morgan fingerprint density at radius 1 is 0.792 bits per heavy atom. The third-order valence-electron chi connectivity index (χ3n) is 2.63. The maximum absolute atomic E-state index is 11.3. The van der Waals surface area contributed by atoms with Gasteiger partial charge >= 0.3 is 23.9 Å². The molecule has 0 aromatic rings. The number of ether oxygens (including phenoxy) is 4. The molecular formula is C14H22O10. The van der Waals surface area contributed by atoms with Gasteiger partial charge in [-0.25, -0.2) is 0 Å². The van der Waals surface area contributed by atoms with Crippen LogP contribution in [0.3, 0.4) is 0 Å². The zero-order valence-corrected chi connectivity index (χ0v) is 13.9. The molecule has 138 valence electrons. The number of aliphatic hydroxyl groups excluding tert-OH is 2. The maximum Gasteiger partial charge on any atom is 0.303 e. The summed E-state index contributed by atoms with van der Waals surface area (Å²) in [4.78, 5) is 44.8. The van der Waals surface area contributed by atoms with Crippen LogP contribution in [0.4, 0.5) is 0 Å². The van der Waals surface area contributed by atoms with Gasteiger partial charge in [0.1, 0.15) is 12.7 Å². The molecule has 2 N–H and O–H groups in total. The van der Waals surface area contributed by atoms with Crippen LogP contribution in [0, 0.1) is 0 Å². The Labute approximate surface area is 138 Å². The Morgan fingerprint density at radius 3 is 1.62 bits per heavy atom. The van der Waals surface area contributed by atoms with Crippen molar-refractivity contribution in [2.24, 2.45) is 0 Å². The number of hydrogen-bond acceptors (Lipinski definition) is 10. The van der Waals surface area contributed by atoms with E-state index < -0.39 is 61.5 Å². The predicted molar refractivity (Wildman–Crippen MR) is 76.4 cm³/mol. The zero-order valence-electron chi connectivity index (χ0n) is 13.9. The summed E-state index contributed by atoms with van der Waals surface area (Å²) in [6.45, 7) is 2.92. The van der Waals surface area contributed by atoms with Crippen molar-refractivity contribution >= 4 is 23.9 Å². The minimum Gasteiger partial charge on any atom is -0.462 e. The van der Waals surface area contributed by atoms with Crippen molar-refractivity contribution in [3.05, 3.63) is 0 Å². The summed E-state index contributed by atoms with van der Waals surface area (Å²) in [6.07, 6.45) is -6.04. The molecule has 10 nitrogen and oxygen atoms in total. The van der Waals surface area contributed by atoms with Crippen molar-refractivity contribution < 1.29 is 48.3 Å². The highest BCUT2D eigenvalue weighted by molar-refractivity contribution is 5.68. The monoisotopic (exact) mass is 350 g/mol. The summed E-state index contributed by atoms with van der Waals surface area (Å²) in [5.74, 6) is -3.15. The van der Waals surface area contributed by atoms with Crippen LogP contribution in [0.25, 0.3) is 0 Å². The second kappa shape index (κ2) is 10.6. The topological polar surface area (TPSA) is 146 Å². The average Bonchev–Trinajstić information content (AvgIpc) is 2.45. The number of esters is 4. The Balaban J connectivity index is 5.63. The highest BCUT2D eigenvalue weighted by Gasteiger charge is 2.41. The minimum absolute atomic E-state index is 0.511. The molecule has 0 unspecified atom stereocenters. The summed E-state index contributed by atoms with van der Waals surface area (Å²) in [6, 6.07) is 0. The van der Waals surface area contributed by atoms with Gasteiger partial charge in [-0.1, -0.05) is 0 Å². The van der Waals surface area contributed by atoms with Gasteiger partial charge in [0.15, 0.2) is 18.3 Å². The predicted octanol–water partition coefficient (Wildman–Crippen LogP) is -1.30. The summed E-state index contributed by atoms with van der Waals surface area (Å²) in [5.41, 5.74) is 0. The van der Waals surface area contributed by atoms with Crippen LogP contribution in [0.1, 0.15) is 27.7 Å². The number of aliphatic hydroxyl groups is 2. The van der Waals surface area contributed by atoms with Crippen LogP contribution in [-0.2, 0) is 38.1 Å². The van der Waals surface area contributed by atoms with Crippen LogP contribution in [0.2, 0.25) is 0 Å². The van der Waals surface area contributed by atoms with Crippen LogP contribution < -0.4 is 0 Å². The fraction of sp³-hybridized carbons (Fsp3) is 0.714. The lowest BCUT2D eigenvalue weighted by Gasteiger charge is -2.33. The van der Waals surface area contributed by atoms with Crippen molar-refractivity contribution in [2.45, 2.75) is 52.1 Å². The van der Waals surface area contributed by atoms with E-state index in [0.29, 0.717) is 0 Å². The van der Waals surface area contributed by atoms with Crippen LogP contribution in [0.5, 0.6) is 0 Å². The van der Waals surface area contributed by atoms with Crippen molar-refractivity contribution in [1.82, 2.24) is 0 Å². The molecule has 0 heterocycles. The molecule has 0 aliphatic carbocycles. The van der Waals surface area contributed by atoms with Crippen molar-refractivity contribution in [1.29, 1.82) is 0 Å². The van der Waals surface area contributed by atoms with Crippen LogP contribution >= 0.6 is 0 Å². The highest BCUT2D eigenvalue weighted by Crippen LogP contribution is 2.18. The van der Waals surface area contributed by atoms with Crippen molar-refractivity contribution in [2.75, 3.05) is 13.2 Å². The average molecular weight is 350 g/mol. The zero-order chi connectivity index (χ0) is 18.9. The highest BCUT2D eigenvalue weighted by atomic mass is 16.6. The van der Waals surface area contributed by atoms with Gasteiger partial charge in [0, 0.05) is 27.7 Å². The van der Waals surface area contributed by atoms with Crippen LogP contribution in [-0.4, -0.2) is 71.7 Å². The minimum atomic E-state index is -1.63. The lowest BCUT2D eigenvalue weighted by Crippen LogP contribution is -2.52. The molecule has 0 aliphatic rings. The number of hydrogen-bond donors (Lipinski definition) is 2. The van der Waals surface area contributed by atoms with Gasteiger partial charge in [-0.3, -0.25) is 19.2 Å². The SMILES string of the molecule is CC(=O)OC[C@H](OC(C)=O)[C@@H](OC(C)=O)[C@H](OC(C)=O)[C@H](O)CO. The molecule has 4 atom stereocenters. The Hall–Kier alpha value is -2.20. The van der Waals surface area contributed by atoms with E-state index in [1.165, 1.54) is 0 Å². The summed E-state index contributed by atoms with van der Waals surface area (Å²) in [5, 5.41) is 19.0. The number of rotatable bonds is 9. The van der Waals surface area contributed by atoms with E-state index >= 15 is 0 Å². The molecule has 0 saturated carbocycles. The molecule has 24 heavy (non-hydrogen) atoms. The molecule has 0 aromatic carbocycles. The van der Waals surface area contributed by atoms with Gasteiger partial charge in [0.05, 0.1) is 6.61 Å². The third-order valence-corrected chi connectivity index (χ3v) is 2.63. The largest absolute Gasteiger partial charge is 0.462 e. The van der Waals surface area contributed by atoms with Gasteiger partial charge in [0.25, 0.3) is 0 Å².